The highest BCUT2D eigenvalue weighted by Gasteiger charge is 2.56. The summed E-state index contributed by atoms with van der Waals surface area (Å²) >= 11 is 15.5. The molecule has 0 spiro atoms. The number of nitrogens with zero attached hydrogens (tertiary/aromatic N) is 2. The second-order valence-corrected chi connectivity index (χ2v) is 8.42. The van der Waals surface area contributed by atoms with Gasteiger partial charge in [-0.25, -0.2) is 9.69 Å². The maximum Gasteiger partial charge on any atom is 0.334 e. The van der Waals surface area contributed by atoms with Gasteiger partial charge in [-0.05, 0) is 49.7 Å². The highest BCUT2D eigenvalue weighted by Crippen LogP contribution is 2.37. The average molecular weight is 472 g/mol. The van der Waals surface area contributed by atoms with Gasteiger partial charge in [-0.3, -0.25) is 9.69 Å². The Morgan fingerprint density at radius 2 is 1.67 bits per heavy atom. The number of hydrogen-bond donors (Lipinski definition) is 1. The van der Waals surface area contributed by atoms with Crippen LogP contribution in [-0.2, 0) is 11.2 Å². The van der Waals surface area contributed by atoms with Crippen LogP contribution in [0, 0.1) is 0 Å². The number of aliphatic hydroxyl groups excluding tert-OH is 1. The molecule has 27 heavy (non-hydrogen) atoms. The van der Waals surface area contributed by atoms with Crippen LogP contribution in [-0.4, -0.2) is 33.7 Å². The number of anilines is 1. The first-order valence-corrected chi connectivity index (χ1v) is 9.75. The Kier molecular flexibility index (Phi) is 5.54. The van der Waals surface area contributed by atoms with Gasteiger partial charge in [-0.1, -0.05) is 51.3 Å². The number of rotatable bonds is 4. The number of aliphatic hydroxyl groups is 1. The number of halogens is 3. The normalized spacial score (nSPS) is 21.1. The zero-order valence-electron chi connectivity index (χ0n) is 14.6. The SMILES string of the molecule is CC(O)N1C(=O)N(c2cc(Cl)cc(Cl)c2)C(=O)[C@@]1(C)Cc1ccc(Br)cc1. The van der Waals surface area contributed by atoms with Crippen molar-refractivity contribution in [1.82, 2.24) is 4.90 Å². The van der Waals surface area contributed by atoms with Gasteiger partial charge in [0.1, 0.15) is 11.8 Å². The molecule has 0 saturated carbocycles. The Bertz CT molecular complexity index is 884. The molecule has 1 fully saturated rings. The lowest BCUT2D eigenvalue weighted by Crippen LogP contribution is -2.52. The molecular formula is C19H17BrCl2N2O3. The predicted molar refractivity (Wildman–Crippen MR) is 109 cm³/mol. The van der Waals surface area contributed by atoms with Crippen LogP contribution in [0.1, 0.15) is 19.4 Å². The lowest BCUT2D eigenvalue weighted by atomic mass is 9.91. The fourth-order valence-corrected chi connectivity index (χ4v) is 4.16. The van der Waals surface area contributed by atoms with Crippen LogP contribution in [0.25, 0.3) is 0 Å². The third kappa shape index (κ3) is 3.72. The molecule has 3 rings (SSSR count). The smallest absolute Gasteiger partial charge is 0.334 e. The number of urea groups is 1. The van der Waals surface area contributed by atoms with Crippen LogP contribution in [0.5, 0.6) is 0 Å². The Balaban J connectivity index is 2.05. The molecule has 2 aromatic carbocycles. The molecule has 142 valence electrons. The summed E-state index contributed by atoms with van der Waals surface area (Å²) in [7, 11) is 0. The van der Waals surface area contributed by atoms with Gasteiger partial charge in [0.25, 0.3) is 5.91 Å². The van der Waals surface area contributed by atoms with Crippen LogP contribution in [0.3, 0.4) is 0 Å². The van der Waals surface area contributed by atoms with Crippen LogP contribution in [0.2, 0.25) is 10.0 Å². The van der Waals surface area contributed by atoms with Gasteiger partial charge in [0.05, 0.1) is 5.69 Å². The van der Waals surface area contributed by atoms with E-state index in [9.17, 15) is 14.7 Å². The minimum absolute atomic E-state index is 0.251. The number of carbonyl (C=O) groups is 2. The standard InChI is InChI=1S/C19H17BrCl2N2O3/c1-11(25)24-18(27)23(16-8-14(21)7-15(22)9-16)17(26)19(24,2)10-12-3-5-13(20)6-4-12/h3-9,11,25H,10H2,1-2H3/t11?,19-/m1/s1. The molecule has 0 aliphatic carbocycles. The molecule has 3 amide bonds. The van der Waals surface area contributed by atoms with E-state index >= 15 is 0 Å². The minimum Gasteiger partial charge on any atom is -0.374 e. The van der Waals surface area contributed by atoms with Crippen molar-refractivity contribution in [3.8, 4) is 0 Å². The molecule has 2 atom stereocenters. The van der Waals surface area contributed by atoms with Gasteiger partial charge in [0.15, 0.2) is 0 Å². The quantitative estimate of drug-likeness (QED) is 0.647. The summed E-state index contributed by atoms with van der Waals surface area (Å²) in [6.45, 7) is 3.10. The van der Waals surface area contributed by atoms with E-state index in [2.05, 4.69) is 15.9 Å². The topological polar surface area (TPSA) is 60.9 Å². The zero-order chi connectivity index (χ0) is 19.9. The molecule has 1 aliphatic heterocycles. The van der Waals surface area contributed by atoms with Crippen molar-refractivity contribution < 1.29 is 14.7 Å². The Morgan fingerprint density at radius 3 is 2.19 bits per heavy atom. The predicted octanol–water partition coefficient (Wildman–Crippen LogP) is 4.86. The summed E-state index contributed by atoms with van der Waals surface area (Å²) in [6.07, 6.45) is -0.901. The molecule has 1 N–H and O–H groups in total. The Hall–Kier alpha value is -1.60. The van der Waals surface area contributed by atoms with E-state index in [1.165, 1.54) is 30.0 Å². The lowest BCUT2D eigenvalue weighted by Gasteiger charge is -2.33. The maximum atomic E-state index is 13.3. The highest BCUT2D eigenvalue weighted by atomic mass is 79.9. The summed E-state index contributed by atoms with van der Waals surface area (Å²) in [5, 5.41) is 10.9. The van der Waals surface area contributed by atoms with Crippen molar-refractivity contribution in [1.29, 1.82) is 0 Å². The monoisotopic (exact) mass is 470 g/mol. The van der Waals surface area contributed by atoms with Crippen LogP contribution in [0.15, 0.2) is 46.9 Å². The van der Waals surface area contributed by atoms with E-state index in [1.54, 1.807) is 6.92 Å². The molecule has 0 radical (unpaired) electrons. The first-order chi connectivity index (χ1) is 12.6. The summed E-state index contributed by atoms with van der Waals surface area (Å²) < 4.78 is 0.910. The van der Waals surface area contributed by atoms with Gasteiger partial charge in [-0.2, -0.15) is 0 Å². The van der Waals surface area contributed by atoms with E-state index in [-0.39, 0.29) is 12.1 Å². The largest absolute Gasteiger partial charge is 0.374 e. The molecule has 0 bridgehead atoms. The van der Waals surface area contributed by atoms with Crippen LogP contribution in [0.4, 0.5) is 10.5 Å². The third-order valence-corrected chi connectivity index (χ3v) is 5.50. The number of hydrogen-bond acceptors (Lipinski definition) is 3. The highest BCUT2D eigenvalue weighted by molar-refractivity contribution is 9.10. The first kappa shape index (κ1) is 20.1. The van der Waals surface area contributed by atoms with E-state index in [0.29, 0.717) is 10.0 Å². The van der Waals surface area contributed by atoms with Crippen molar-refractivity contribution >= 4 is 56.8 Å². The second kappa shape index (κ2) is 7.43. The van der Waals surface area contributed by atoms with Crippen molar-refractivity contribution in [3.63, 3.8) is 0 Å². The molecule has 2 aromatic rings. The Labute approximate surface area is 175 Å². The second-order valence-electron chi connectivity index (χ2n) is 6.63. The lowest BCUT2D eigenvalue weighted by molar-refractivity contribution is -0.127. The summed E-state index contributed by atoms with van der Waals surface area (Å²) in [5.74, 6) is -0.449. The number of amides is 3. The summed E-state index contributed by atoms with van der Waals surface area (Å²) in [5.41, 5.74) is -0.125. The van der Waals surface area contributed by atoms with Gasteiger partial charge < -0.3 is 5.11 Å². The summed E-state index contributed by atoms with van der Waals surface area (Å²) in [6, 6.07) is 11.4. The number of carbonyl (C=O) groups excluding carboxylic acids is 2. The third-order valence-electron chi connectivity index (χ3n) is 4.53. The van der Waals surface area contributed by atoms with Crippen molar-refractivity contribution in [2.45, 2.75) is 32.0 Å². The number of benzene rings is 2. The van der Waals surface area contributed by atoms with Crippen LogP contribution >= 0.6 is 39.1 Å². The van der Waals surface area contributed by atoms with Gasteiger partial charge >= 0.3 is 6.03 Å². The van der Waals surface area contributed by atoms with Gasteiger partial charge in [0, 0.05) is 20.9 Å². The zero-order valence-corrected chi connectivity index (χ0v) is 17.7. The molecule has 5 nitrogen and oxygen atoms in total. The van der Waals surface area contributed by atoms with Crippen LogP contribution < -0.4 is 4.90 Å². The van der Waals surface area contributed by atoms with E-state index in [0.717, 1.165) is 14.9 Å². The maximum absolute atomic E-state index is 13.3. The van der Waals surface area contributed by atoms with Crippen molar-refractivity contribution in [2.24, 2.45) is 0 Å². The van der Waals surface area contributed by atoms with Crippen molar-refractivity contribution in [3.05, 3.63) is 62.5 Å². The fourth-order valence-electron chi connectivity index (χ4n) is 3.38. The molecule has 8 heteroatoms. The van der Waals surface area contributed by atoms with Gasteiger partial charge in [0.2, 0.25) is 0 Å². The molecule has 1 aliphatic rings. The van der Waals surface area contributed by atoms with E-state index in [4.69, 9.17) is 23.2 Å². The average Bonchev–Trinajstić information content (AvgIpc) is 2.75. The first-order valence-electron chi connectivity index (χ1n) is 8.20. The molecule has 1 unspecified atom stereocenters. The van der Waals surface area contributed by atoms with E-state index in [1.807, 2.05) is 24.3 Å². The summed E-state index contributed by atoms with van der Waals surface area (Å²) in [4.78, 5) is 28.5. The molecular weight excluding hydrogens is 455 g/mol. The van der Waals surface area contributed by atoms with Crippen molar-refractivity contribution in [2.75, 3.05) is 4.90 Å². The number of imide groups is 1. The molecule has 1 saturated heterocycles. The van der Waals surface area contributed by atoms with Gasteiger partial charge in [-0.15, -0.1) is 0 Å². The Morgan fingerprint density at radius 1 is 1.11 bits per heavy atom. The minimum atomic E-state index is -1.26. The fraction of sp³-hybridized carbons (Fsp3) is 0.263. The molecule has 1 heterocycles. The van der Waals surface area contributed by atoms with E-state index < -0.39 is 23.7 Å². The molecule has 0 aromatic heterocycles.